The molecule has 0 aliphatic carbocycles. The predicted molar refractivity (Wildman–Crippen MR) is 81.1 cm³/mol. The first-order chi connectivity index (χ1) is 10.0. The second-order valence-electron chi connectivity index (χ2n) is 5.48. The van der Waals surface area contributed by atoms with Gasteiger partial charge in [-0.25, -0.2) is 18.4 Å². The first kappa shape index (κ1) is 16.2. The third-order valence-electron chi connectivity index (χ3n) is 3.83. The molecule has 2 atom stereocenters. The van der Waals surface area contributed by atoms with E-state index in [0.717, 1.165) is 25.1 Å². The van der Waals surface area contributed by atoms with Crippen molar-refractivity contribution in [2.24, 2.45) is 5.92 Å². The molecule has 0 spiro atoms. The van der Waals surface area contributed by atoms with E-state index in [1.165, 1.54) is 6.33 Å². The summed E-state index contributed by atoms with van der Waals surface area (Å²) in [6.07, 6.45) is 3.92. The van der Waals surface area contributed by atoms with Crippen LogP contribution in [-0.2, 0) is 16.3 Å². The lowest BCUT2D eigenvalue weighted by molar-refractivity contribution is 0.372. The lowest BCUT2D eigenvalue weighted by Gasteiger charge is -2.23. The van der Waals surface area contributed by atoms with Gasteiger partial charge >= 0.3 is 0 Å². The van der Waals surface area contributed by atoms with Crippen molar-refractivity contribution in [2.75, 3.05) is 25.2 Å². The summed E-state index contributed by atoms with van der Waals surface area (Å²) in [7, 11) is -1.30. The number of methoxy groups -OCH3 is 1. The van der Waals surface area contributed by atoms with Gasteiger partial charge in [0.05, 0.1) is 18.6 Å². The molecular formula is C14H23N3O3S. The summed E-state index contributed by atoms with van der Waals surface area (Å²) < 4.78 is 28.5. The minimum atomic E-state index is -2.87. The summed E-state index contributed by atoms with van der Waals surface area (Å²) in [5.74, 6) is 1.27. The van der Waals surface area contributed by atoms with Gasteiger partial charge in [0, 0.05) is 24.2 Å². The summed E-state index contributed by atoms with van der Waals surface area (Å²) in [4.78, 5) is 8.26. The largest absolute Gasteiger partial charge is 0.481 e. The maximum absolute atomic E-state index is 11.7. The fraction of sp³-hybridized carbons (Fsp3) is 0.714. The number of nitrogens with zero attached hydrogens (tertiary/aromatic N) is 2. The predicted octanol–water partition coefficient (Wildman–Crippen LogP) is 0.831. The molecule has 0 aromatic carbocycles. The van der Waals surface area contributed by atoms with E-state index in [0.29, 0.717) is 18.1 Å². The molecule has 1 aromatic rings. The molecule has 7 heteroatoms. The van der Waals surface area contributed by atoms with Crippen molar-refractivity contribution in [1.29, 1.82) is 0 Å². The summed E-state index contributed by atoms with van der Waals surface area (Å²) in [5.41, 5.74) is 0.875. The molecule has 0 bridgehead atoms. The average molecular weight is 313 g/mol. The Hall–Kier alpha value is -1.21. The van der Waals surface area contributed by atoms with Gasteiger partial charge in [-0.1, -0.05) is 6.92 Å². The lowest BCUT2D eigenvalue weighted by atomic mass is 9.94. The van der Waals surface area contributed by atoms with Gasteiger partial charge in [-0.2, -0.15) is 0 Å². The Balaban J connectivity index is 2.08. The van der Waals surface area contributed by atoms with E-state index in [1.54, 1.807) is 7.11 Å². The molecule has 21 heavy (non-hydrogen) atoms. The molecule has 2 unspecified atom stereocenters. The highest BCUT2D eigenvalue weighted by Gasteiger charge is 2.33. The van der Waals surface area contributed by atoms with Crippen LogP contribution in [0.3, 0.4) is 0 Å². The maximum Gasteiger partial charge on any atom is 0.216 e. The van der Waals surface area contributed by atoms with E-state index >= 15 is 0 Å². The molecule has 6 nitrogen and oxygen atoms in total. The minimum absolute atomic E-state index is 0.127. The van der Waals surface area contributed by atoms with Crippen molar-refractivity contribution in [3.05, 3.63) is 18.1 Å². The van der Waals surface area contributed by atoms with Gasteiger partial charge in [0.25, 0.3) is 0 Å². The monoisotopic (exact) mass is 313 g/mol. The van der Waals surface area contributed by atoms with Crippen LogP contribution in [0.25, 0.3) is 0 Å². The van der Waals surface area contributed by atoms with Gasteiger partial charge in [-0.15, -0.1) is 0 Å². The number of ether oxygens (including phenoxy) is 1. The Bertz CT molecular complexity index is 562. The summed E-state index contributed by atoms with van der Waals surface area (Å²) in [5, 5.41) is 3.47. The number of nitrogens with one attached hydrogen (secondary N) is 1. The maximum atomic E-state index is 11.7. The third kappa shape index (κ3) is 4.64. The summed E-state index contributed by atoms with van der Waals surface area (Å²) >= 11 is 0. The molecule has 0 saturated carbocycles. The first-order valence-corrected chi connectivity index (χ1v) is 9.15. The van der Waals surface area contributed by atoms with Crippen LogP contribution in [0.4, 0.5) is 0 Å². The summed E-state index contributed by atoms with van der Waals surface area (Å²) in [6.45, 7) is 2.98. The molecular weight excluding hydrogens is 290 g/mol. The van der Waals surface area contributed by atoms with Gasteiger partial charge in [0.2, 0.25) is 5.88 Å². The van der Waals surface area contributed by atoms with Gasteiger partial charge in [-0.3, -0.25) is 0 Å². The third-order valence-corrected chi connectivity index (χ3v) is 5.62. The number of sulfone groups is 1. The molecule has 0 amide bonds. The van der Waals surface area contributed by atoms with Gasteiger partial charge < -0.3 is 10.1 Å². The van der Waals surface area contributed by atoms with E-state index in [1.807, 2.05) is 6.07 Å². The molecule has 1 saturated heterocycles. The molecule has 1 aromatic heterocycles. The molecule has 118 valence electrons. The highest BCUT2D eigenvalue weighted by Crippen LogP contribution is 2.24. The van der Waals surface area contributed by atoms with Crippen LogP contribution < -0.4 is 10.1 Å². The Morgan fingerprint density at radius 1 is 1.48 bits per heavy atom. The second kappa shape index (κ2) is 7.17. The van der Waals surface area contributed by atoms with Crippen LogP contribution in [0, 0.1) is 5.92 Å². The minimum Gasteiger partial charge on any atom is -0.481 e. The van der Waals surface area contributed by atoms with Gasteiger partial charge in [-0.05, 0) is 25.3 Å². The van der Waals surface area contributed by atoms with E-state index in [2.05, 4.69) is 22.2 Å². The second-order valence-corrected chi connectivity index (χ2v) is 7.71. The lowest BCUT2D eigenvalue weighted by Crippen LogP contribution is -2.39. The van der Waals surface area contributed by atoms with Crippen molar-refractivity contribution in [1.82, 2.24) is 15.3 Å². The van der Waals surface area contributed by atoms with E-state index in [9.17, 15) is 8.42 Å². The van der Waals surface area contributed by atoms with E-state index in [4.69, 9.17) is 4.74 Å². The van der Waals surface area contributed by atoms with Crippen LogP contribution in [-0.4, -0.2) is 49.6 Å². The smallest absolute Gasteiger partial charge is 0.216 e. The molecule has 0 radical (unpaired) electrons. The molecule has 1 fully saturated rings. The molecule has 1 aliphatic heterocycles. The zero-order chi connectivity index (χ0) is 15.3. The molecule has 1 N–H and O–H groups in total. The Morgan fingerprint density at radius 2 is 2.29 bits per heavy atom. The van der Waals surface area contributed by atoms with E-state index in [-0.39, 0.29) is 17.7 Å². The fourth-order valence-corrected chi connectivity index (χ4v) is 4.58. The van der Waals surface area contributed by atoms with Crippen molar-refractivity contribution in [2.45, 2.75) is 32.2 Å². The normalized spacial score (nSPS) is 22.1. The highest BCUT2D eigenvalue weighted by atomic mass is 32.2. The quantitative estimate of drug-likeness (QED) is 0.803. The highest BCUT2D eigenvalue weighted by molar-refractivity contribution is 7.91. The van der Waals surface area contributed by atoms with Crippen LogP contribution >= 0.6 is 0 Å². The van der Waals surface area contributed by atoms with Crippen molar-refractivity contribution in [3.63, 3.8) is 0 Å². The average Bonchev–Trinajstić information content (AvgIpc) is 2.83. The van der Waals surface area contributed by atoms with Crippen molar-refractivity contribution in [3.8, 4) is 5.88 Å². The standard InChI is InChI=1S/C14H23N3O3S/c1-3-5-15-13(11-4-6-21(18,19)9-11)7-12-8-14(20-2)17-10-16-12/h8,10-11,13,15H,3-7,9H2,1-2H3. The van der Waals surface area contributed by atoms with E-state index < -0.39 is 9.84 Å². The Labute approximate surface area is 126 Å². The van der Waals surface area contributed by atoms with Crippen molar-refractivity contribution < 1.29 is 13.2 Å². The molecule has 1 aliphatic rings. The molecule has 2 heterocycles. The zero-order valence-electron chi connectivity index (χ0n) is 12.6. The fourth-order valence-electron chi connectivity index (χ4n) is 2.70. The van der Waals surface area contributed by atoms with Crippen LogP contribution in [0.15, 0.2) is 12.4 Å². The van der Waals surface area contributed by atoms with Crippen LogP contribution in [0.5, 0.6) is 5.88 Å². The number of rotatable bonds is 7. The number of hydrogen-bond donors (Lipinski definition) is 1. The van der Waals surface area contributed by atoms with Gasteiger partial charge in [0.1, 0.15) is 6.33 Å². The van der Waals surface area contributed by atoms with Crippen molar-refractivity contribution >= 4 is 9.84 Å². The Morgan fingerprint density at radius 3 is 2.90 bits per heavy atom. The number of hydrogen-bond acceptors (Lipinski definition) is 6. The summed E-state index contributed by atoms with van der Waals surface area (Å²) in [6, 6.07) is 1.94. The van der Waals surface area contributed by atoms with Crippen LogP contribution in [0.2, 0.25) is 0 Å². The number of aromatic nitrogens is 2. The topological polar surface area (TPSA) is 81.2 Å². The Kier molecular flexibility index (Phi) is 5.52. The first-order valence-electron chi connectivity index (χ1n) is 7.32. The SMILES string of the molecule is CCCNC(Cc1cc(OC)ncn1)C1CCS(=O)(=O)C1. The zero-order valence-corrected chi connectivity index (χ0v) is 13.4. The van der Waals surface area contributed by atoms with Gasteiger partial charge in [0.15, 0.2) is 9.84 Å². The van der Waals surface area contributed by atoms with Crippen LogP contribution in [0.1, 0.15) is 25.5 Å². The molecule has 2 rings (SSSR count).